The van der Waals surface area contributed by atoms with Gasteiger partial charge in [-0.25, -0.2) is 4.79 Å². The zero-order chi connectivity index (χ0) is 24.8. The molecule has 2 aromatic carbocycles. The summed E-state index contributed by atoms with van der Waals surface area (Å²) in [6.45, 7) is 0.941. The molecule has 2 aliphatic rings. The summed E-state index contributed by atoms with van der Waals surface area (Å²) in [5.74, 6) is 2.40. The third-order valence-electron chi connectivity index (χ3n) is 7.25. The second-order valence-electron chi connectivity index (χ2n) is 9.28. The molecule has 1 amide bonds. The topological polar surface area (TPSA) is 74.3 Å². The number of hydrogen-bond acceptors (Lipinski definition) is 6. The molecule has 0 spiro atoms. The van der Waals surface area contributed by atoms with E-state index < -0.39 is 5.97 Å². The quantitative estimate of drug-likeness (QED) is 0.471. The Balaban J connectivity index is 1.55. The van der Waals surface area contributed by atoms with Crippen LogP contribution in [0.3, 0.4) is 0 Å². The number of carbonyl (C=O) groups is 2. The van der Waals surface area contributed by atoms with Crippen molar-refractivity contribution >= 4 is 11.9 Å². The highest BCUT2D eigenvalue weighted by molar-refractivity contribution is 5.89. The first kappa shape index (κ1) is 24.9. The fourth-order valence-electron chi connectivity index (χ4n) is 5.26. The fraction of sp³-hybridized carbons (Fsp3) is 0.500. The van der Waals surface area contributed by atoms with Crippen molar-refractivity contribution < 1.29 is 28.5 Å². The molecule has 7 heteroatoms. The van der Waals surface area contributed by atoms with E-state index >= 15 is 0 Å². The first-order valence-corrected chi connectivity index (χ1v) is 12.4. The predicted octanol–water partition coefficient (Wildman–Crippen LogP) is 4.97. The molecule has 0 N–H and O–H groups in total. The number of rotatable bonds is 9. The maximum atomic E-state index is 13.4. The van der Waals surface area contributed by atoms with Crippen LogP contribution in [0.15, 0.2) is 36.4 Å². The molecule has 1 atom stereocenters. The molecular formula is C28H35NO6. The van der Waals surface area contributed by atoms with Gasteiger partial charge >= 0.3 is 5.97 Å². The SMILES string of the molecule is COC(=O)c1ccc(OCC2c3cc(OC)c(OC)cc3CCN2C(=O)CCC2CCCC2)cc1. The second-order valence-corrected chi connectivity index (χ2v) is 9.28. The highest BCUT2D eigenvalue weighted by Gasteiger charge is 2.33. The zero-order valence-electron chi connectivity index (χ0n) is 20.9. The number of ether oxygens (including phenoxy) is 4. The van der Waals surface area contributed by atoms with Crippen LogP contribution in [-0.4, -0.2) is 51.3 Å². The van der Waals surface area contributed by atoms with E-state index in [0.29, 0.717) is 48.3 Å². The number of esters is 1. The Morgan fingerprint density at radius 1 is 0.971 bits per heavy atom. The molecule has 1 aliphatic heterocycles. The van der Waals surface area contributed by atoms with Gasteiger partial charge in [-0.15, -0.1) is 0 Å². The normalized spacial score (nSPS) is 17.6. The van der Waals surface area contributed by atoms with Crippen LogP contribution in [-0.2, 0) is 16.0 Å². The molecule has 0 radical (unpaired) electrons. The van der Waals surface area contributed by atoms with Crippen molar-refractivity contribution in [1.29, 1.82) is 0 Å². The van der Waals surface area contributed by atoms with E-state index in [-0.39, 0.29) is 11.9 Å². The molecular weight excluding hydrogens is 446 g/mol. The van der Waals surface area contributed by atoms with Crippen molar-refractivity contribution in [3.05, 3.63) is 53.1 Å². The summed E-state index contributed by atoms with van der Waals surface area (Å²) in [6, 6.07) is 10.6. The molecule has 2 aromatic rings. The summed E-state index contributed by atoms with van der Waals surface area (Å²) in [4.78, 5) is 27.1. The Morgan fingerprint density at radius 2 is 1.66 bits per heavy atom. The lowest BCUT2D eigenvalue weighted by Gasteiger charge is -2.38. The molecule has 1 fully saturated rings. The minimum absolute atomic E-state index is 0.173. The first-order valence-electron chi connectivity index (χ1n) is 12.4. The number of fused-ring (bicyclic) bond motifs is 1. The van der Waals surface area contributed by atoms with Gasteiger partial charge < -0.3 is 23.8 Å². The Bertz CT molecular complexity index is 1030. The van der Waals surface area contributed by atoms with Crippen LogP contribution in [0, 0.1) is 5.92 Å². The van der Waals surface area contributed by atoms with Gasteiger partial charge in [-0.05, 0) is 66.3 Å². The fourth-order valence-corrected chi connectivity index (χ4v) is 5.26. The molecule has 0 aromatic heterocycles. The standard InChI is InChI=1S/C28H35NO6/c1-32-25-16-21-14-15-29(27(30)13-8-19-6-4-5-7-19)24(23(21)17-26(25)33-2)18-35-22-11-9-20(10-12-22)28(31)34-3/h9-12,16-17,19,24H,4-8,13-15,18H2,1-3H3. The minimum Gasteiger partial charge on any atom is -0.493 e. The Kier molecular flexibility index (Phi) is 8.16. The van der Waals surface area contributed by atoms with Crippen LogP contribution in [0.2, 0.25) is 0 Å². The average molecular weight is 482 g/mol. The third-order valence-corrected chi connectivity index (χ3v) is 7.25. The highest BCUT2D eigenvalue weighted by atomic mass is 16.5. The maximum Gasteiger partial charge on any atom is 0.337 e. The van der Waals surface area contributed by atoms with Gasteiger partial charge in [0, 0.05) is 13.0 Å². The lowest BCUT2D eigenvalue weighted by Crippen LogP contribution is -2.42. The van der Waals surface area contributed by atoms with Gasteiger partial charge in [0.05, 0.1) is 32.9 Å². The Hall–Kier alpha value is -3.22. The van der Waals surface area contributed by atoms with Crippen molar-refractivity contribution in [2.45, 2.75) is 51.0 Å². The van der Waals surface area contributed by atoms with E-state index in [1.807, 2.05) is 17.0 Å². The zero-order valence-corrected chi connectivity index (χ0v) is 20.9. The largest absolute Gasteiger partial charge is 0.493 e. The summed E-state index contributed by atoms with van der Waals surface area (Å²) >= 11 is 0. The molecule has 0 bridgehead atoms. The summed E-state index contributed by atoms with van der Waals surface area (Å²) in [5.41, 5.74) is 2.62. The van der Waals surface area contributed by atoms with Crippen LogP contribution in [0.4, 0.5) is 0 Å². The van der Waals surface area contributed by atoms with Gasteiger partial charge in [0.25, 0.3) is 0 Å². The Morgan fingerprint density at radius 3 is 2.31 bits per heavy atom. The second kappa shape index (κ2) is 11.5. The predicted molar refractivity (Wildman–Crippen MR) is 132 cm³/mol. The van der Waals surface area contributed by atoms with Crippen LogP contribution >= 0.6 is 0 Å². The van der Waals surface area contributed by atoms with Crippen molar-refractivity contribution in [3.63, 3.8) is 0 Å². The number of carbonyl (C=O) groups excluding carboxylic acids is 2. The number of nitrogens with zero attached hydrogens (tertiary/aromatic N) is 1. The molecule has 4 rings (SSSR count). The molecule has 1 aliphatic carbocycles. The molecule has 7 nitrogen and oxygen atoms in total. The number of amides is 1. The van der Waals surface area contributed by atoms with E-state index in [2.05, 4.69) is 0 Å². The molecule has 35 heavy (non-hydrogen) atoms. The van der Waals surface area contributed by atoms with Gasteiger partial charge in [-0.1, -0.05) is 25.7 Å². The van der Waals surface area contributed by atoms with E-state index in [1.165, 1.54) is 32.8 Å². The van der Waals surface area contributed by atoms with Gasteiger partial charge in [0.2, 0.25) is 5.91 Å². The summed E-state index contributed by atoms with van der Waals surface area (Å²) in [7, 11) is 4.60. The van der Waals surface area contributed by atoms with Crippen molar-refractivity contribution in [1.82, 2.24) is 4.90 Å². The van der Waals surface area contributed by atoms with E-state index in [0.717, 1.165) is 24.0 Å². The Labute approximate surface area is 207 Å². The van der Waals surface area contributed by atoms with Crippen molar-refractivity contribution in [2.24, 2.45) is 5.92 Å². The lowest BCUT2D eigenvalue weighted by molar-refractivity contribution is -0.135. The van der Waals surface area contributed by atoms with Crippen molar-refractivity contribution in [3.8, 4) is 17.2 Å². The number of methoxy groups -OCH3 is 3. The molecule has 0 saturated heterocycles. The van der Waals surface area contributed by atoms with E-state index in [9.17, 15) is 9.59 Å². The maximum absolute atomic E-state index is 13.4. The molecule has 188 valence electrons. The molecule has 1 heterocycles. The van der Waals surface area contributed by atoms with Gasteiger partial charge in [-0.2, -0.15) is 0 Å². The average Bonchev–Trinajstić information content (AvgIpc) is 3.43. The molecule has 1 saturated carbocycles. The monoisotopic (exact) mass is 481 g/mol. The third kappa shape index (κ3) is 5.72. The van der Waals surface area contributed by atoms with E-state index in [4.69, 9.17) is 18.9 Å². The van der Waals surface area contributed by atoms with Crippen LogP contribution < -0.4 is 14.2 Å². The summed E-state index contributed by atoms with van der Waals surface area (Å²) in [5, 5.41) is 0. The number of benzene rings is 2. The van der Waals surface area contributed by atoms with Crippen LogP contribution in [0.5, 0.6) is 17.2 Å². The minimum atomic E-state index is -0.391. The highest BCUT2D eigenvalue weighted by Crippen LogP contribution is 2.39. The van der Waals surface area contributed by atoms with Gasteiger partial charge in [0.1, 0.15) is 12.4 Å². The summed E-state index contributed by atoms with van der Waals surface area (Å²) < 4.78 is 22.0. The van der Waals surface area contributed by atoms with Crippen LogP contribution in [0.25, 0.3) is 0 Å². The van der Waals surface area contributed by atoms with Crippen LogP contribution in [0.1, 0.15) is 66.1 Å². The summed E-state index contributed by atoms with van der Waals surface area (Å²) in [6.07, 6.45) is 7.32. The number of hydrogen-bond donors (Lipinski definition) is 0. The smallest absolute Gasteiger partial charge is 0.337 e. The first-order chi connectivity index (χ1) is 17.0. The molecule has 1 unspecified atom stereocenters. The van der Waals surface area contributed by atoms with Gasteiger partial charge in [-0.3, -0.25) is 4.79 Å². The van der Waals surface area contributed by atoms with Gasteiger partial charge in [0.15, 0.2) is 11.5 Å². The lowest BCUT2D eigenvalue weighted by atomic mass is 9.91. The van der Waals surface area contributed by atoms with E-state index in [1.54, 1.807) is 38.5 Å². The van der Waals surface area contributed by atoms with Crippen molar-refractivity contribution in [2.75, 3.05) is 34.5 Å².